The molecule has 1 fully saturated rings. The van der Waals surface area contributed by atoms with Crippen LogP contribution in [0.15, 0.2) is 0 Å². The summed E-state index contributed by atoms with van der Waals surface area (Å²) in [6.45, 7) is 8.90. The third-order valence-corrected chi connectivity index (χ3v) is 3.31. The second kappa shape index (κ2) is 5.64. The van der Waals surface area contributed by atoms with Gasteiger partial charge in [0.1, 0.15) is 0 Å². The third kappa shape index (κ3) is 3.46. The minimum absolute atomic E-state index is 0.119. The summed E-state index contributed by atoms with van der Waals surface area (Å²) in [5.74, 6) is 0.595. The van der Waals surface area contributed by atoms with Gasteiger partial charge in [-0.3, -0.25) is 4.79 Å². The van der Waals surface area contributed by atoms with Gasteiger partial charge in [-0.15, -0.1) is 0 Å². The lowest BCUT2D eigenvalue weighted by Gasteiger charge is -2.38. The topological polar surface area (TPSA) is 49.6 Å². The van der Waals surface area contributed by atoms with E-state index in [-0.39, 0.29) is 11.9 Å². The Hall–Kier alpha value is -0.610. The van der Waals surface area contributed by atoms with Crippen molar-refractivity contribution in [3.05, 3.63) is 0 Å². The van der Waals surface area contributed by atoms with Crippen LogP contribution in [0.4, 0.5) is 0 Å². The molecule has 1 amide bonds. The van der Waals surface area contributed by atoms with E-state index < -0.39 is 0 Å². The first-order chi connectivity index (χ1) is 7.41. The van der Waals surface area contributed by atoms with Crippen LogP contribution in [-0.2, 0) is 4.79 Å². The average molecular weight is 227 g/mol. The molecule has 2 atom stereocenters. The van der Waals surface area contributed by atoms with Crippen LogP contribution in [0.1, 0.15) is 27.2 Å². The number of hydrogen-bond donors (Lipinski definition) is 1. The Morgan fingerprint density at radius 1 is 1.44 bits per heavy atom. The highest BCUT2D eigenvalue weighted by Crippen LogP contribution is 2.11. The van der Waals surface area contributed by atoms with E-state index in [9.17, 15) is 4.79 Å². The van der Waals surface area contributed by atoms with E-state index in [1.54, 1.807) is 0 Å². The van der Waals surface area contributed by atoms with E-state index in [4.69, 9.17) is 5.73 Å². The molecule has 0 bridgehead atoms. The summed E-state index contributed by atoms with van der Waals surface area (Å²) in [6.07, 6.45) is 0.777. The quantitative estimate of drug-likeness (QED) is 0.765. The molecule has 1 aliphatic rings. The van der Waals surface area contributed by atoms with Crippen molar-refractivity contribution in [3.63, 3.8) is 0 Å². The second-order valence-corrected chi connectivity index (χ2v) is 5.35. The summed E-state index contributed by atoms with van der Waals surface area (Å²) in [5, 5.41) is 0. The maximum absolute atomic E-state index is 12.1. The highest BCUT2D eigenvalue weighted by atomic mass is 16.2. The fraction of sp³-hybridized carbons (Fsp3) is 0.917. The SMILES string of the molecule is CC(C)CC(N)C(=O)N1CCN(C)C(C)C1. The molecular formula is C12H25N3O. The van der Waals surface area contributed by atoms with Crippen LogP contribution in [0.25, 0.3) is 0 Å². The Balaban J connectivity index is 2.48. The molecule has 1 saturated heterocycles. The number of nitrogens with two attached hydrogens (primary N) is 1. The molecule has 0 spiro atoms. The summed E-state index contributed by atoms with van der Waals surface area (Å²) in [5.41, 5.74) is 5.92. The Labute approximate surface area is 98.8 Å². The minimum Gasteiger partial charge on any atom is -0.339 e. The van der Waals surface area contributed by atoms with Crippen molar-refractivity contribution < 1.29 is 4.79 Å². The van der Waals surface area contributed by atoms with Crippen LogP contribution >= 0.6 is 0 Å². The van der Waals surface area contributed by atoms with Gasteiger partial charge in [0.05, 0.1) is 6.04 Å². The van der Waals surface area contributed by atoms with Gasteiger partial charge in [0.25, 0.3) is 0 Å². The molecule has 0 radical (unpaired) electrons. The molecule has 0 aliphatic carbocycles. The zero-order chi connectivity index (χ0) is 12.3. The van der Waals surface area contributed by atoms with Gasteiger partial charge < -0.3 is 15.5 Å². The van der Waals surface area contributed by atoms with E-state index in [0.29, 0.717) is 12.0 Å². The number of amides is 1. The first-order valence-electron chi connectivity index (χ1n) is 6.16. The number of hydrogen-bond acceptors (Lipinski definition) is 3. The average Bonchev–Trinajstić information content (AvgIpc) is 2.20. The fourth-order valence-corrected chi connectivity index (χ4v) is 2.09. The summed E-state index contributed by atoms with van der Waals surface area (Å²) in [6, 6.07) is 0.111. The number of carbonyl (C=O) groups excluding carboxylic acids is 1. The molecule has 16 heavy (non-hydrogen) atoms. The standard InChI is InChI=1S/C12H25N3O/c1-9(2)7-11(13)12(16)15-6-5-14(4)10(3)8-15/h9-11H,5-8,13H2,1-4H3. The lowest BCUT2D eigenvalue weighted by Crippen LogP contribution is -2.55. The van der Waals surface area contributed by atoms with Gasteiger partial charge in [0, 0.05) is 25.7 Å². The Kier molecular flexibility index (Phi) is 4.74. The monoisotopic (exact) mass is 227 g/mol. The normalized spacial score (nSPS) is 24.9. The van der Waals surface area contributed by atoms with Gasteiger partial charge in [-0.2, -0.15) is 0 Å². The summed E-state index contributed by atoms with van der Waals surface area (Å²) in [7, 11) is 2.10. The first-order valence-corrected chi connectivity index (χ1v) is 6.16. The van der Waals surface area contributed by atoms with Crippen LogP contribution in [0, 0.1) is 5.92 Å². The fourth-order valence-electron chi connectivity index (χ4n) is 2.09. The van der Waals surface area contributed by atoms with Crippen LogP contribution in [-0.4, -0.2) is 54.5 Å². The van der Waals surface area contributed by atoms with Crippen molar-refractivity contribution in [3.8, 4) is 0 Å². The van der Waals surface area contributed by atoms with Crippen molar-refractivity contribution >= 4 is 5.91 Å². The molecule has 4 nitrogen and oxygen atoms in total. The molecule has 0 aromatic heterocycles. The molecule has 0 saturated carbocycles. The van der Waals surface area contributed by atoms with Gasteiger partial charge in [-0.25, -0.2) is 0 Å². The number of carbonyl (C=O) groups is 1. The molecule has 0 aromatic rings. The predicted octanol–water partition coefficient (Wildman–Crippen LogP) is 0.522. The van der Waals surface area contributed by atoms with Crippen LogP contribution in [0.3, 0.4) is 0 Å². The Morgan fingerprint density at radius 2 is 2.06 bits per heavy atom. The molecule has 2 unspecified atom stereocenters. The molecule has 1 rings (SSSR count). The summed E-state index contributed by atoms with van der Waals surface area (Å²) in [4.78, 5) is 16.3. The van der Waals surface area contributed by atoms with Crippen molar-refractivity contribution in [1.29, 1.82) is 0 Å². The number of rotatable bonds is 3. The lowest BCUT2D eigenvalue weighted by atomic mass is 10.0. The molecular weight excluding hydrogens is 202 g/mol. The van der Waals surface area contributed by atoms with Crippen molar-refractivity contribution in [2.24, 2.45) is 11.7 Å². The van der Waals surface area contributed by atoms with Crippen LogP contribution in [0.2, 0.25) is 0 Å². The van der Waals surface area contributed by atoms with E-state index in [2.05, 4.69) is 32.7 Å². The largest absolute Gasteiger partial charge is 0.339 e. The second-order valence-electron chi connectivity index (χ2n) is 5.35. The van der Waals surface area contributed by atoms with E-state index in [1.165, 1.54) is 0 Å². The van der Waals surface area contributed by atoms with Crippen LogP contribution in [0.5, 0.6) is 0 Å². The van der Waals surface area contributed by atoms with E-state index >= 15 is 0 Å². The molecule has 2 N–H and O–H groups in total. The maximum atomic E-state index is 12.1. The van der Waals surface area contributed by atoms with Crippen molar-refractivity contribution in [2.75, 3.05) is 26.7 Å². The Bertz CT molecular complexity index is 242. The zero-order valence-corrected chi connectivity index (χ0v) is 10.9. The molecule has 94 valence electrons. The third-order valence-electron chi connectivity index (χ3n) is 3.31. The molecule has 4 heteroatoms. The first kappa shape index (κ1) is 13.5. The van der Waals surface area contributed by atoms with E-state index in [1.807, 2.05) is 4.90 Å². The predicted molar refractivity (Wildman–Crippen MR) is 66.1 cm³/mol. The van der Waals surface area contributed by atoms with Crippen LogP contribution < -0.4 is 5.73 Å². The maximum Gasteiger partial charge on any atom is 0.239 e. The van der Waals surface area contributed by atoms with Gasteiger partial charge in [-0.05, 0) is 26.3 Å². The highest BCUT2D eigenvalue weighted by Gasteiger charge is 2.27. The highest BCUT2D eigenvalue weighted by molar-refractivity contribution is 5.81. The van der Waals surface area contributed by atoms with Gasteiger partial charge >= 0.3 is 0 Å². The molecule has 0 aromatic carbocycles. The van der Waals surface area contributed by atoms with Gasteiger partial charge in [-0.1, -0.05) is 13.8 Å². The smallest absolute Gasteiger partial charge is 0.239 e. The number of piperazine rings is 1. The number of likely N-dealkylation sites (N-methyl/N-ethyl adjacent to an activating group) is 1. The molecule has 1 heterocycles. The van der Waals surface area contributed by atoms with E-state index in [0.717, 1.165) is 26.1 Å². The minimum atomic E-state index is -0.324. The van der Waals surface area contributed by atoms with Gasteiger partial charge in [0.15, 0.2) is 0 Å². The summed E-state index contributed by atoms with van der Waals surface area (Å²) >= 11 is 0. The number of nitrogens with zero attached hydrogens (tertiary/aromatic N) is 2. The van der Waals surface area contributed by atoms with Crippen molar-refractivity contribution in [2.45, 2.75) is 39.3 Å². The summed E-state index contributed by atoms with van der Waals surface area (Å²) < 4.78 is 0. The Morgan fingerprint density at radius 3 is 2.56 bits per heavy atom. The molecule has 1 aliphatic heterocycles. The zero-order valence-electron chi connectivity index (χ0n) is 10.9. The van der Waals surface area contributed by atoms with Gasteiger partial charge in [0.2, 0.25) is 5.91 Å². The lowest BCUT2D eigenvalue weighted by molar-refractivity contribution is -0.135. The van der Waals surface area contributed by atoms with Crippen molar-refractivity contribution in [1.82, 2.24) is 9.80 Å².